The minimum Gasteiger partial charge on any atom is -0.354 e. The number of anilines is 1. The van der Waals surface area contributed by atoms with Crippen LogP contribution < -0.4 is 21.9 Å². The van der Waals surface area contributed by atoms with Crippen LogP contribution >= 0.6 is 0 Å². The molecule has 0 aliphatic carbocycles. The maximum atomic E-state index is 12.2. The number of carbonyl (C=O) groups is 2. The molecule has 2 amide bonds. The Morgan fingerprint density at radius 3 is 2.86 bits per heavy atom. The van der Waals surface area contributed by atoms with Gasteiger partial charge in [0.15, 0.2) is 0 Å². The number of nitrogens with zero attached hydrogens (tertiary/aromatic N) is 1. The molecular formula is C12H15N5O4. The first-order valence-corrected chi connectivity index (χ1v) is 6.36. The van der Waals surface area contributed by atoms with Crippen molar-refractivity contribution < 1.29 is 14.5 Å². The highest BCUT2D eigenvalue weighted by Crippen LogP contribution is 2.22. The largest absolute Gasteiger partial charge is 0.354 e. The maximum Gasteiger partial charge on any atom is 0.282 e. The zero-order valence-corrected chi connectivity index (χ0v) is 11.1. The first-order chi connectivity index (χ1) is 10.0. The Balaban J connectivity index is 2.24. The van der Waals surface area contributed by atoms with Gasteiger partial charge in [0.1, 0.15) is 11.6 Å². The Kier molecular flexibility index (Phi) is 4.33. The lowest BCUT2D eigenvalue weighted by Gasteiger charge is -2.22. The molecule has 9 nitrogen and oxygen atoms in total. The number of nitrogen functional groups attached to an aromatic ring is 1. The van der Waals surface area contributed by atoms with Crippen molar-refractivity contribution in [1.29, 1.82) is 0 Å². The van der Waals surface area contributed by atoms with Crippen molar-refractivity contribution in [3.8, 4) is 0 Å². The molecule has 0 radical (unpaired) electrons. The Labute approximate surface area is 120 Å². The highest BCUT2D eigenvalue weighted by molar-refractivity contribution is 6.01. The average Bonchev–Trinajstić information content (AvgIpc) is 2.48. The van der Waals surface area contributed by atoms with Crippen molar-refractivity contribution in [3.05, 3.63) is 33.9 Å². The van der Waals surface area contributed by atoms with Crippen LogP contribution in [-0.2, 0) is 4.79 Å². The van der Waals surface area contributed by atoms with Crippen molar-refractivity contribution in [2.45, 2.75) is 18.9 Å². The fourth-order valence-corrected chi connectivity index (χ4v) is 2.11. The molecule has 1 atom stereocenters. The topological polar surface area (TPSA) is 139 Å². The van der Waals surface area contributed by atoms with Crippen LogP contribution in [0.25, 0.3) is 0 Å². The van der Waals surface area contributed by atoms with Gasteiger partial charge >= 0.3 is 0 Å². The first-order valence-electron chi connectivity index (χ1n) is 6.36. The molecule has 0 bridgehead atoms. The van der Waals surface area contributed by atoms with Gasteiger partial charge in [-0.15, -0.1) is 0 Å². The molecule has 1 saturated heterocycles. The van der Waals surface area contributed by atoms with Crippen LogP contribution in [0.15, 0.2) is 18.2 Å². The minimum atomic E-state index is -0.680. The quantitative estimate of drug-likeness (QED) is 0.347. The van der Waals surface area contributed by atoms with Crippen LogP contribution in [0, 0.1) is 10.1 Å². The summed E-state index contributed by atoms with van der Waals surface area (Å²) in [6.07, 6.45) is 1.24. The molecule has 0 spiro atoms. The lowest BCUT2D eigenvalue weighted by atomic mass is 10.1. The average molecular weight is 293 g/mol. The standard InChI is InChI=1S/C12H15N5O4/c13-16-7-3-4-10(17(20)21)8(6-7)11(18)15-9-2-1-5-14-12(9)19/h3-4,6,9,16H,1-2,5,13H2,(H,14,19)(H,15,18). The number of nitrogens with two attached hydrogens (primary N) is 1. The van der Waals surface area contributed by atoms with E-state index in [4.69, 9.17) is 5.84 Å². The Hall–Kier alpha value is -2.68. The number of nitro groups is 1. The second-order valence-electron chi connectivity index (χ2n) is 4.59. The number of piperidine rings is 1. The minimum absolute atomic E-state index is 0.145. The molecule has 0 saturated carbocycles. The van der Waals surface area contributed by atoms with Gasteiger partial charge in [-0.05, 0) is 25.0 Å². The van der Waals surface area contributed by atoms with E-state index in [9.17, 15) is 19.7 Å². The van der Waals surface area contributed by atoms with E-state index in [2.05, 4.69) is 16.1 Å². The van der Waals surface area contributed by atoms with Gasteiger partial charge in [0.2, 0.25) is 5.91 Å². The summed E-state index contributed by atoms with van der Waals surface area (Å²) in [7, 11) is 0. The van der Waals surface area contributed by atoms with Crippen LogP contribution in [0.3, 0.4) is 0 Å². The summed E-state index contributed by atoms with van der Waals surface area (Å²) in [6, 6.07) is 3.17. The third-order valence-corrected chi connectivity index (χ3v) is 3.20. The number of hydrazine groups is 1. The van der Waals surface area contributed by atoms with Gasteiger partial charge < -0.3 is 16.1 Å². The molecule has 2 rings (SSSR count). The van der Waals surface area contributed by atoms with Gasteiger partial charge in [0.05, 0.1) is 4.92 Å². The van der Waals surface area contributed by atoms with E-state index in [0.29, 0.717) is 18.7 Å². The monoisotopic (exact) mass is 293 g/mol. The Morgan fingerprint density at radius 1 is 1.48 bits per heavy atom. The lowest BCUT2D eigenvalue weighted by Crippen LogP contribution is -2.50. The zero-order valence-electron chi connectivity index (χ0n) is 11.1. The molecule has 1 aromatic rings. The number of nitrogens with one attached hydrogen (secondary N) is 3. The molecule has 0 aromatic heterocycles. The van der Waals surface area contributed by atoms with E-state index >= 15 is 0 Å². The van der Waals surface area contributed by atoms with E-state index in [1.165, 1.54) is 18.2 Å². The molecule has 1 unspecified atom stereocenters. The second kappa shape index (κ2) is 6.18. The van der Waals surface area contributed by atoms with E-state index in [-0.39, 0.29) is 17.2 Å². The molecule has 1 aromatic carbocycles. The summed E-state index contributed by atoms with van der Waals surface area (Å²) in [5.41, 5.74) is 2.19. The molecule has 1 aliphatic heterocycles. The highest BCUT2D eigenvalue weighted by Gasteiger charge is 2.27. The summed E-state index contributed by atoms with van der Waals surface area (Å²) in [5.74, 6) is 4.27. The van der Waals surface area contributed by atoms with E-state index < -0.39 is 16.9 Å². The summed E-state index contributed by atoms with van der Waals surface area (Å²) in [5, 5.41) is 16.1. The van der Waals surface area contributed by atoms with E-state index in [0.717, 1.165) is 6.42 Å². The summed E-state index contributed by atoms with van der Waals surface area (Å²) >= 11 is 0. The summed E-state index contributed by atoms with van der Waals surface area (Å²) in [4.78, 5) is 34.1. The number of nitro benzene ring substituents is 1. The van der Waals surface area contributed by atoms with Crippen molar-refractivity contribution in [2.75, 3.05) is 12.0 Å². The van der Waals surface area contributed by atoms with Crippen LogP contribution in [-0.4, -0.2) is 29.3 Å². The van der Waals surface area contributed by atoms with Gasteiger partial charge in [-0.3, -0.25) is 25.5 Å². The van der Waals surface area contributed by atoms with Crippen molar-refractivity contribution in [2.24, 2.45) is 5.84 Å². The normalized spacial score (nSPS) is 17.8. The lowest BCUT2D eigenvalue weighted by molar-refractivity contribution is -0.385. The van der Waals surface area contributed by atoms with E-state index in [1.54, 1.807) is 0 Å². The fraction of sp³-hybridized carbons (Fsp3) is 0.333. The number of amides is 2. The van der Waals surface area contributed by atoms with Gasteiger partial charge in [-0.25, -0.2) is 0 Å². The van der Waals surface area contributed by atoms with Crippen LogP contribution in [0.1, 0.15) is 23.2 Å². The molecule has 1 fully saturated rings. The van der Waals surface area contributed by atoms with Crippen LogP contribution in [0.5, 0.6) is 0 Å². The van der Waals surface area contributed by atoms with Crippen LogP contribution in [0.2, 0.25) is 0 Å². The van der Waals surface area contributed by atoms with Crippen molar-refractivity contribution >= 4 is 23.2 Å². The SMILES string of the molecule is NNc1ccc([N+](=O)[O-])c(C(=O)NC2CCCNC2=O)c1. The molecular weight excluding hydrogens is 278 g/mol. The zero-order chi connectivity index (χ0) is 15.4. The third kappa shape index (κ3) is 3.26. The number of hydrogen-bond acceptors (Lipinski definition) is 6. The molecule has 112 valence electrons. The Morgan fingerprint density at radius 2 is 2.24 bits per heavy atom. The molecule has 1 heterocycles. The van der Waals surface area contributed by atoms with Crippen LogP contribution in [0.4, 0.5) is 11.4 Å². The Bertz CT molecular complexity index is 589. The number of rotatable bonds is 4. The van der Waals surface area contributed by atoms with Gasteiger partial charge in [0, 0.05) is 18.3 Å². The molecule has 5 N–H and O–H groups in total. The van der Waals surface area contributed by atoms with Gasteiger partial charge in [0.25, 0.3) is 11.6 Å². The van der Waals surface area contributed by atoms with E-state index in [1.807, 2.05) is 0 Å². The smallest absolute Gasteiger partial charge is 0.282 e. The van der Waals surface area contributed by atoms with Gasteiger partial charge in [-0.1, -0.05) is 0 Å². The number of benzene rings is 1. The third-order valence-electron chi connectivity index (χ3n) is 3.20. The number of hydrogen-bond donors (Lipinski definition) is 4. The predicted molar refractivity (Wildman–Crippen MR) is 74.4 cm³/mol. The number of carbonyl (C=O) groups excluding carboxylic acids is 2. The summed E-state index contributed by atoms with van der Waals surface area (Å²) < 4.78 is 0. The summed E-state index contributed by atoms with van der Waals surface area (Å²) in [6.45, 7) is 0.567. The highest BCUT2D eigenvalue weighted by atomic mass is 16.6. The molecule has 9 heteroatoms. The first kappa shape index (κ1) is 14.7. The molecule has 21 heavy (non-hydrogen) atoms. The van der Waals surface area contributed by atoms with Crippen molar-refractivity contribution in [3.63, 3.8) is 0 Å². The second-order valence-corrected chi connectivity index (χ2v) is 4.59. The van der Waals surface area contributed by atoms with Crippen molar-refractivity contribution in [1.82, 2.24) is 10.6 Å². The van der Waals surface area contributed by atoms with Gasteiger partial charge in [-0.2, -0.15) is 0 Å². The maximum absolute atomic E-state index is 12.2. The fourth-order valence-electron chi connectivity index (χ4n) is 2.11. The molecule has 1 aliphatic rings. The predicted octanol–water partition coefficient (Wildman–Crippen LogP) is -0.111.